The van der Waals surface area contributed by atoms with E-state index in [9.17, 15) is 0 Å². The first kappa shape index (κ1) is 10.2. The van der Waals surface area contributed by atoms with Crippen LogP contribution in [0.2, 0.25) is 10.0 Å². The minimum Gasteiger partial charge on any atom is -0.125 e. The highest BCUT2D eigenvalue weighted by Gasteiger charge is 2.00. The van der Waals surface area contributed by atoms with E-state index in [1.54, 1.807) is 17.8 Å². The Morgan fingerprint density at radius 3 is 2.75 bits per heavy atom. The van der Waals surface area contributed by atoms with Crippen LogP contribution in [0.3, 0.4) is 0 Å². The lowest BCUT2D eigenvalue weighted by atomic mass is 10.4. The van der Waals surface area contributed by atoms with E-state index in [-0.39, 0.29) is 0 Å². The van der Waals surface area contributed by atoms with Crippen LogP contribution in [-0.4, -0.2) is 5.75 Å². The van der Waals surface area contributed by atoms with Gasteiger partial charge in [-0.3, -0.25) is 0 Å². The van der Waals surface area contributed by atoms with Crippen molar-refractivity contribution in [1.82, 2.24) is 0 Å². The van der Waals surface area contributed by atoms with Gasteiger partial charge in [-0.15, -0.1) is 11.8 Å². The molecule has 0 aliphatic heterocycles. The first-order valence-corrected chi connectivity index (χ1v) is 5.56. The Bertz CT molecular complexity index is 261. The van der Waals surface area contributed by atoms with Gasteiger partial charge in [0.2, 0.25) is 0 Å². The summed E-state index contributed by atoms with van der Waals surface area (Å²) in [5, 5.41) is 1.54. The molecule has 0 saturated carbocycles. The predicted octanol–water partition coefficient (Wildman–Crippen LogP) is 4.50. The summed E-state index contributed by atoms with van der Waals surface area (Å²) in [6.07, 6.45) is 1.15. The van der Waals surface area contributed by atoms with Gasteiger partial charge in [-0.2, -0.15) is 0 Å². The van der Waals surface area contributed by atoms with Gasteiger partial charge in [-0.05, 0) is 30.4 Å². The van der Waals surface area contributed by atoms with Gasteiger partial charge in [0.05, 0.1) is 5.02 Å². The summed E-state index contributed by atoms with van der Waals surface area (Å²) < 4.78 is 0. The Labute approximate surface area is 87.3 Å². The van der Waals surface area contributed by atoms with Crippen LogP contribution in [0.5, 0.6) is 0 Å². The van der Waals surface area contributed by atoms with Gasteiger partial charge in [0.25, 0.3) is 0 Å². The number of halogens is 2. The van der Waals surface area contributed by atoms with Crippen molar-refractivity contribution >= 4 is 35.0 Å². The molecule has 1 aromatic rings. The summed E-state index contributed by atoms with van der Waals surface area (Å²) in [4.78, 5) is 1.08. The molecule has 0 N–H and O–H groups in total. The van der Waals surface area contributed by atoms with Crippen LogP contribution >= 0.6 is 35.0 Å². The molecule has 0 amide bonds. The maximum Gasteiger partial charge on any atom is 0.0542 e. The molecule has 0 nitrogen and oxygen atoms in total. The average molecular weight is 221 g/mol. The molecular formula is C9H10Cl2S. The molecule has 0 aliphatic carbocycles. The number of benzene rings is 1. The molecule has 1 aromatic carbocycles. The van der Waals surface area contributed by atoms with Crippen molar-refractivity contribution in [2.45, 2.75) is 18.2 Å². The lowest BCUT2D eigenvalue weighted by molar-refractivity contribution is 1.10. The second-order valence-corrected chi connectivity index (χ2v) is 4.40. The highest BCUT2D eigenvalue weighted by atomic mass is 35.5. The van der Waals surface area contributed by atoms with Crippen molar-refractivity contribution in [3.05, 3.63) is 28.2 Å². The van der Waals surface area contributed by atoms with Crippen molar-refractivity contribution < 1.29 is 0 Å². The second kappa shape index (κ2) is 5.00. The van der Waals surface area contributed by atoms with E-state index in [4.69, 9.17) is 23.2 Å². The SMILES string of the molecule is CCCSc1cc(Cl)ccc1Cl. The smallest absolute Gasteiger partial charge is 0.0542 e. The fourth-order valence-electron chi connectivity index (χ4n) is 0.800. The van der Waals surface area contributed by atoms with Crippen molar-refractivity contribution in [2.24, 2.45) is 0 Å². The van der Waals surface area contributed by atoms with Crippen LogP contribution in [0.25, 0.3) is 0 Å². The third kappa shape index (κ3) is 2.89. The molecule has 0 atom stereocenters. The maximum atomic E-state index is 5.95. The van der Waals surface area contributed by atoms with Crippen LogP contribution in [0.1, 0.15) is 13.3 Å². The highest BCUT2D eigenvalue weighted by Crippen LogP contribution is 2.29. The fraction of sp³-hybridized carbons (Fsp3) is 0.333. The Hall–Kier alpha value is 0.150. The van der Waals surface area contributed by atoms with Gasteiger partial charge < -0.3 is 0 Å². The van der Waals surface area contributed by atoms with Crippen molar-refractivity contribution in [3.8, 4) is 0 Å². The van der Waals surface area contributed by atoms with E-state index >= 15 is 0 Å². The predicted molar refractivity (Wildman–Crippen MR) is 57.5 cm³/mol. The molecule has 0 aliphatic rings. The zero-order chi connectivity index (χ0) is 8.97. The van der Waals surface area contributed by atoms with Crippen LogP contribution in [-0.2, 0) is 0 Å². The number of thioether (sulfide) groups is 1. The molecule has 0 saturated heterocycles. The minimum absolute atomic E-state index is 0.748. The topological polar surface area (TPSA) is 0 Å². The summed E-state index contributed by atoms with van der Waals surface area (Å²) in [7, 11) is 0. The largest absolute Gasteiger partial charge is 0.125 e. The van der Waals surface area contributed by atoms with Crippen molar-refractivity contribution in [3.63, 3.8) is 0 Å². The van der Waals surface area contributed by atoms with Gasteiger partial charge in [0, 0.05) is 9.92 Å². The van der Waals surface area contributed by atoms with E-state index in [1.165, 1.54) is 0 Å². The van der Waals surface area contributed by atoms with E-state index in [1.807, 2.05) is 12.1 Å². The lowest BCUT2D eigenvalue weighted by Gasteiger charge is -2.02. The molecule has 12 heavy (non-hydrogen) atoms. The summed E-state index contributed by atoms with van der Waals surface area (Å²) in [5.74, 6) is 1.08. The molecule has 3 heteroatoms. The zero-order valence-electron chi connectivity index (χ0n) is 6.81. The number of rotatable bonds is 3. The molecule has 0 aromatic heterocycles. The summed E-state index contributed by atoms with van der Waals surface area (Å²) in [6, 6.07) is 5.55. The molecule has 0 spiro atoms. The van der Waals surface area contributed by atoms with Crippen molar-refractivity contribution in [2.75, 3.05) is 5.75 Å². The Morgan fingerprint density at radius 1 is 1.33 bits per heavy atom. The van der Waals surface area contributed by atoms with Crippen molar-refractivity contribution in [1.29, 1.82) is 0 Å². The molecule has 0 fully saturated rings. The Kier molecular flexibility index (Phi) is 4.27. The van der Waals surface area contributed by atoms with E-state index in [0.29, 0.717) is 0 Å². The molecule has 0 heterocycles. The van der Waals surface area contributed by atoms with Gasteiger partial charge in [0.15, 0.2) is 0 Å². The van der Waals surface area contributed by atoms with Crippen LogP contribution in [0.4, 0.5) is 0 Å². The lowest BCUT2D eigenvalue weighted by Crippen LogP contribution is -1.77. The summed E-state index contributed by atoms with van der Waals surface area (Å²) in [5.41, 5.74) is 0. The quantitative estimate of drug-likeness (QED) is 0.677. The monoisotopic (exact) mass is 220 g/mol. The third-order valence-corrected chi connectivity index (χ3v) is 3.29. The number of hydrogen-bond acceptors (Lipinski definition) is 1. The van der Waals surface area contributed by atoms with Crippen LogP contribution < -0.4 is 0 Å². The van der Waals surface area contributed by atoms with E-state index < -0.39 is 0 Å². The number of hydrogen-bond donors (Lipinski definition) is 0. The standard InChI is InChI=1S/C9H10Cl2S/c1-2-5-12-9-6-7(10)3-4-8(9)11/h3-4,6H,2,5H2,1H3. The molecule has 0 radical (unpaired) electrons. The molecule has 66 valence electrons. The second-order valence-electron chi connectivity index (χ2n) is 2.42. The molecule has 1 rings (SSSR count). The normalized spacial score (nSPS) is 10.2. The van der Waals surface area contributed by atoms with E-state index in [2.05, 4.69) is 6.92 Å². The first-order chi connectivity index (χ1) is 5.74. The van der Waals surface area contributed by atoms with Gasteiger partial charge >= 0.3 is 0 Å². The summed E-state index contributed by atoms with van der Waals surface area (Å²) in [6.45, 7) is 2.14. The third-order valence-electron chi connectivity index (χ3n) is 1.35. The van der Waals surface area contributed by atoms with Crippen LogP contribution in [0.15, 0.2) is 23.1 Å². The fourth-order valence-corrected chi connectivity index (χ4v) is 2.16. The molecular weight excluding hydrogens is 211 g/mol. The highest BCUT2D eigenvalue weighted by molar-refractivity contribution is 7.99. The van der Waals surface area contributed by atoms with Gasteiger partial charge in [-0.1, -0.05) is 30.1 Å². The molecule has 0 bridgehead atoms. The Balaban J connectivity index is 2.75. The van der Waals surface area contributed by atoms with Crippen LogP contribution in [0, 0.1) is 0 Å². The van der Waals surface area contributed by atoms with E-state index in [0.717, 1.165) is 27.1 Å². The summed E-state index contributed by atoms with van der Waals surface area (Å²) >= 11 is 13.5. The Morgan fingerprint density at radius 2 is 2.08 bits per heavy atom. The van der Waals surface area contributed by atoms with Gasteiger partial charge in [0.1, 0.15) is 0 Å². The molecule has 0 unspecified atom stereocenters. The zero-order valence-corrected chi connectivity index (χ0v) is 9.14. The minimum atomic E-state index is 0.748. The average Bonchev–Trinajstić information content (AvgIpc) is 2.07. The first-order valence-electron chi connectivity index (χ1n) is 3.82. The maximum absolute atomic E-state index is 5.95. The van der Waals surface area contributed by atoms with Gasteiger partial charge in [-0.25, -0.2) is 0 Å².